The smallest absolute Gasteiger partial charge is 0.319 e. The van der Waals surface area contributed by atoms with Gasteiger partial charge < -0.3 is 16.0 Å². The number of fused-ring (bicyclic) bond motifs is 2. The Morgan fingerprint density at radius 2 is 1.71 bits per heavy atom. The second-order valence-electron chi connectivity index (χ2n) is 10.5. The van der Waals surface area contributed by atoms with Gasteiger partial charge in [0.15, 0.2) is 27.3 Å². The summed E-state index contributed by atoms with van der Waals surface area (Å²) in [5.74, 6) is -5.51. The lowest BCUT2D eigenvalue weighted by atomic mass is 9.82. The molecule has 3 aromatic rings. The number of pyridine rings is 1. The normalized spacial score (nSPS) is 23.6. The van der Waals surface area contributed by atoms with Gasteiger partial charge >= 0.3 is 6.03 Å². The van der Waals surface area contributed by atoms with Crippen molar-refractivity contribution in [2.24, 2.45) is 17.8 Å². The number of nitrogens with zero attached hydrogens (tertiary/aromatic N) is 1. The molecule has 0 spiro atoms. The van der Waals surface area contributed by atoms with Crippen LogP contribution in [0.2, 0.25) is 5.02 Å². The Labute approximate surface area is 239 Å². The molecule has 8 nitrogen and oxygen atoms in total. The van der Waals surface area contributed by atoms with E-state index in [2.05, 4.69) is 20.9 Å². The van der Waals surface area contributed by atoms with Gasteiger partial charge in [-0.05, 0) is 67.3 Å². The van der Waals surface area contributed by atoms with Crippen molar-refractivity contribution < 1.29 is 31.2 Å². The highest BCUT2D eigenvalue weighted by molar-refractivity contribution is 7.92. The van der Waals surface area contributed by atoms with Gasteiger partial charge in [-0.15, -0.1) is 0 Å². The zero-order chi connectivity index (χ0) is 29.5. The number of amides is 3. The average Bonchev–Trinajstić information content (AvgIpc) is 3.08. The predicted octanol–water partition coefficient (Wildman–Crippen LogP) is 5.80. The molecule has 216 valence electrons. The molecule has 0 saturated heterocycles. The number of carbonyl (C=O) groups excluding carboxylic acids is 2. The molecule has 2 aliphatic carbocycles. The minimum atomic E-state index is -4.01. The predicted molar refractivity (Wildman–Crippen MR) is 147 cm³/mol. The fraction of sp³-hybridized carbons (Fsp3) is 0.321. The van der Waals surface area contributed by atoms with E-state index < -0.39 is 44.5 Å². The molecule has 13 heteroatoms. The first-order valence-corrected chi connectivity index (χ1v) is 14.8. The van der Waals surface area contributed by atoms with Gasteiger partial charge in [0.1, 0.15) is 0 Å². The van der Waals surface area contributed by atoms with Crippen molar-refractivity contribution in [1.29, 1.82) is 0 Å². The third-order valence-electron chi connectivity index (χ3n) is 7.87. The molecule has 1 aromatic heterocycles. The van der Waals surface area contributed by atoms with E-state index in [1.165, 1.54) is 18.3 Å². The molecule has 0 aliphatic heterocycles. The molecule has 2 fully saturated rings. The molecule has 5 rings (SSSR count). The van der Waals surface area contributed by atoms with Crippen LogP contribution < -0.4 is 16.0 Å². The van der Waals surface area contributed by atoms with Crippen LogP contribution in [0.25, 0.3) is 0 Å². The van der Waals surface area contributed by atoms with Crippen LogP contribution in [-0.2, 0) is 9.84 Å². The first-order chi connectivity index (χ1) is 19.4. The van der Waals surface area contributed by atoms with Crippen molar-refractivity contribution >= 4 is 44.8 Å². The quantitative estimate of drug-likeness (QED) is 0.307. The molecule has 41 heavy (non-hydrogen) atoms. The Morgan fingerprint density at radius 3 is 2.37 bits per heavy atom. The van der Waals surface area contributed by atoms with Gasteiger partial charge in [0.2, 0.25) is 0 Å². The minimum Gasteiger partial charge on any atom is -0.335 e. The highest BCUT2D eigenvalue weighted by Gasteiger charge is 2.50. The number of urea groups is 1. The van der Waals surface area contributed by atoms with Crippen LogP contribution in [0, 0.1) is 35.2 Å². The van der Waals surface area contributed by atoms with E-state index >= 15 is 0 Å². The Bertz CT molecular complexity index is 1590. The van der Waals surface area contributed by atoms with Crippen molar-refractivity contribution in [1.82, 2.24) is 10.3 Å². The van der Waals surface area contributed by atoms with Crippen molar-refractivity contribution in [3.63, 3.8) is 0 Å². The number of aromatic nitrogens is 1. The lowest BCUT2D eigenvalue weighted by molar-refractivity contribution is 0.102. The lowest BCUT2D eigenvalue weighted by Crippen LogP contribution is -2.49. The first-order valence-electron chi connectivity index (χ1n) is 12.9. The topological polar surface area (TPSA) is 117 Å². The molecule has 5 atom stereocenters. The number of anilines is 2. The van der Waals surface area contributed by atoms with Crippen molar-refractivity contribution in [2.45, 2.75) is 42.4 Å². The molecule has 0 radical (unpaired) electrons. The maximum absolute atomic E-state index is 13.8. The summed E-state index contributed by atoms with van der Waals surface area (Å²) in [5.41, 5.74) is 0.0847. The first kappa shape index (κ1) is 28.9. The lowest BCUT2D eigenvalue weighted by Gasteiger charge is -2.36. The monoisotopic (exact) mass is 606 g/mol. The molecule has 2 aromatic carbocycles. The highest BCUT2D eigenvalue weighted by Crippen LogP contribution is 2.49. The third kappa shape index (κ3) is 5.89. The largest absolute Gasteiger partial charge is 0.335 e. The van der Waals surface area contributed by atoms with E-state index in [1.54, 1.807) is 18.3 Å². The summed E-state index contributed by atoms with van der Waals surface area (Å²) in [6.07, 6.45) is 4.44. The summed E-state index contributed by atoms with van der Waals surface area (Å²) in [5, 5.41) is 7.13. The molecule has 2 saturated carbocycles. The second kappa shape index (κ2) is 11.3. The van der Waals surface area contributed by atoms with Crippen LogP contribution in [0.3, 0.4) is 0 Å². The molecule has 2 aliphatic rings. The molecule has 2 bridgehead atoms. The summed E-state index contributed by atoms with van der Waals surface area (Å²) in [6.45, 7) is 2.03. The summed E-state index contributed by atoms with van der Waals surface area (Å²) in [6, 6.07) is 7.71. The highest BCUT2D eigenvalue weighted by atomic mass is 35.5. The zero-order valence-electron chi connectivity index (χ0n) is 21.7. The van der Waals surface area contributed by atoms with Crippen molar-refractivity contribution in [2.75, 3.05) is 10.6 Å². The minimum absolute atomic E-state index is 0.0723. The number of nitrogens with one attached hydrogen (secondary N) is 3. The van der Waals surface area contributed by atoms with E-state index in [1.807, 2.05) is 6.92 Å². The van der Waals surface area contributed by atoms with Crippen LogP contribution in [0.1, 0.15) is 36.5 Å². The van der Waals surface area contributed by atoms with E-state index in [0.29, 0.717) is 30.7 Å². The van der Waals surface area contributed by atoms with Gasteiger partial charge in [0, 0.05) is 35.6 Å². The second-order valence-corrected chi connectivity index (χ2v) is 13.1. The van der Waals surface area contributed by atoms with E-state index in [-0.39, 0.29) is 45.0 Å². The Hall–Kier alpha value is -3.64. The molecule has 3 N–H and O–H groups in total. The summed E-state index contributed by atoms with van der Waals surface area (Å²) in [7, 11) is -4.01. The van der Waals surface area contributed by atoms with Gasteiger partial charge in [-0.1, -0.05) is 18.5 Å². The Balaban J connectivity index is 1.32. The van der Waals surface area contributed by atoms with Gasteiger partial charge in [-0.2, -0.15) is 0 Å². The zero-order valence-corrected chi connectivity index (χ0v) is 23.3. The number of hydrogen-bond acceptors (Lipinski definition) is 5. The van der Waals surface area contributed by atoms with E-state index in [0.717, 1.165) is 12.5 Å². The molecule has 1 heterocycles. The fourth-order valence-corrected chi connectivity index (χ4v) is 8.37. The summed E-state index contributed by atoms with van der Waals surface area (Å²) < 4.78 is 68.0. The van der Waals surface area contributed by atoms with Gasteiger partial charge in [-0.3, -0.25) is 9.78 Å². The number of rotatable bonds is 6. The van der Waals surface area contributed by atoms with Gasteiger partial charge in [-0.25, -0.2) is 26.4 Å². The number of sulfone groups is 1. The van der Waals surface area contributed by atoms with Gasteiger partial charge in [0.25, 0.3) is 5.91 Å². The number of carbonyl (C=O) groups is 2. The number of benzene rings is 2. The number of halogens is 4. The van der Waals surface area contributed by atoms with Crippen LogP contribution >= 0.6 is 11.6 Å². The Kier molecular flexibility index (Phi) is 7.97. The molecule has 3 amide bonds. The molecular weight excluding hydrogens is 581 g/mol. The standard InChI is InChI=1S/C28H26ClF3N4O4S/c1-14-7-16-8-19(12-20(14)26(16)36-28(38)35-17-3-2-6-33-13-17)41(39,40)24-9-15(4-5-21(24)29)27(37)34-18-10-22(30)25(32)23(31)11-18/h2-6,9-11,13-14,16,19-20,26H,7-8,12H2,1H3,(H,34,37)(H2,35,36,38)/t14-,16?,19?,20?,26+/m0/s1. The maximum Gasteiger partial charge on any atom is 0.319 e. The van der Waals surface area contributed by atoms with Gasteiger partial charge in [0.05, 0.1) is 27.1 Å². The summed E-state index contributed by atoms with van der Waals surface area (Å²) >= 11 is 6.29. The van der Waals surface area contributed by atoms with E-state index in [4.69, 9.17) is 11.6 Å². The SMILES string of the molecule is C[C@H]1CC2CC(S(=O)(=O)c3cc(C(=O)Nc4cc(F)c(F)c(F)c4)ccc3Cl)CC1[C@@H]2NC(=O)Nc1cccnc1. The van der Waals surface area contributed by atoms with Crippen LogP contribution in [0.15, 0.2) is 59.8 Å². The Morgan fingerprint density at radius 1 is 0.976 bits per heavy atom. The van der Waals surface area contributed by atoms with Crippen LogP contribution in [-0.4, -0.2) is 36.6 Å². The number of hydrogen-bond donors (Lipinski definition) is 3. The molecular formula is C28H26ClF3N4O4S. The maximum atomic E-state index is 13.8. The van der Waals surface area contributed by atoms with Crippen LogP contribution in [0.5, 0.6) is 0 Å². The summed E-state index contributed by atoms with van der Waals surface area (Å²) in [4.78, 5) is 29.2. The molecule has 3 unspecified atom stereocenters. The van der Waals surface area contributed by atoms with Crippen molar-refractivity contribution in [3.8, 4) is 0 Å². The van der Waals surface area contributed by atoms with Crippen LogP contribution in [0.4, 0.5) is 29.3 Å². The fourth-order valence-electron chi connectivity index (χ4n) is 5.97. The van der Waals surface area contributed by atoms with E-state index in [9.17, 15) is 31.2 Å². The third-order valence-corrected chi connectivity index (χ3v) is 10.5. The average molecular weight is 607 g/mol. The van der Waals surface area contributed by atoms with Crippen molar-refractivity contribution in [3.05, 3.63) is 82.9 Å².